The molecule has 0 bridgehead atoms. The third kappa shape index (κ3) is 2.60. The first kappa shape index (κ1) is 15.6. The van der Waals surface area contributed by atoms with Gasteiger partial charge < -0.3 is 9.64 Å². The van der Waals surface area contributed by atoms with E-state index in [2.05, 4.69) is 17.1 Å². The van der Waals surface area contributed by atoms with Crippen molar-refractivity contribution in [2.45, 2.75) is 18.9 Å². The van der Waals surface area contributed by atoms with Gasteiger partial charge in [-0.1, -0.05) is 48.0 Å². The summed E-state index contributed by atoms with van der Waals surface area (Å²) in [6.07, 6.45) is 1.97. The van der Waals surface area contributed by atoms with Gasteiger partial charge in [-0.25, -0.2) is 4.98 Å². The summed E-state index contributed by atoms with van der Waals surface area (Å²) in [5.74, 6) is -0.0523. The second kappa shape index (κ2) is 6.19. The van der Waals surface area contributed by atoms with E-state index in [9.17, 15) is 4.79 Å². The fourth-order valence-corrected chi connectivity index (χ4v) is 4.14. The zero-order chi connectivity index (χ0) is 16.6. The summed E-state index contributed by atoms with van der Waals surface area (Å²) in [5, 5.41) is 0.346. The molecule has 3 heterocycles. The molecule has 2 aliphatic rings. The number of aromatic nitrogens is 1. The Morgan fingerprint density at radius 2 is 1.88 bits per heavy atom. The molecule has 4 nitrogen and oxygen atoms in total. The standard InChI is InChI=1S/C19H19ClN2O2/c20-16-8-4-7-15(21-16)18(23)22-13-19(9-11-24-12-10-19)17(22)14-5-2-1-3-6-14/h1-8,17H,9-13H2/t17-/m1/s1. The topological polar surface area (TPSA) is 42.4 Å². The third-order valence-electron chi connectivity index (χ3n) is 5.18. The Balaban J connectivity index is 1.67. The molecule has 1 aromatic carbocycles. The average Bonchev–Trinajstić information content (AvgIpc) is 2.61. The fourth-order valence-electron chi connectivity index (χ4n) is 3.98. The summed E-state index contributed by atoms with van der Waals surface area (Å²) in [4.78, 5) is 19.1. The number of nitrogens with zero attached hydrogens (tertiary/aromatic N) is 2. The first-order chi connectivity index (χ1) is 11.7. The van der Waals surface area contributed by atoms with Crippen molar-refractivity contribution in [3.8, 4) is 0 Å². The van der Waals surface area contributed by atoms with Crippen molar-refractivity contribution in [2.75, 3.05) is 19.8 Å². The van der Waals surface area contributed by atoms with Gasteiger partial charge in [0.25, 0.3) is 5.91 Å². The number of rotatable bonds is 2. The summed E-state index contributed by atoms with van der Waals surface area (Å²) in [5.41, 5.74) is 1.71. The predicted molar refractivity (Wildman–Crippen MR) is 92.0 cm³/mol. The molecular formula is C19H19ClN2O2. The summed E-state index contributed by atoms with van der Waals surface area (Å²) in [6, 6.07) is 15.5. The van der Waals surface area contributed by atoms with Crippen LogP contribution in [0.15, 0.2) is 48.5 Å². The lowest BCUT2D eigenvalue weighted by Crippen LogP contribution is -2.62. The number of halogens is 1. The number of carbonyl (C=O) groups excluding carboxylic acids is 1. The number of likely N-dealkylation sites (tertiary alicyclic amines) is 1. The van der Waals surface area contributed by atoms with Crippen molar-refractivity contribution in [3.05, 3.63) is 64.9 Å². The molecule has 24 heavy (non-hydrogen) atoms. The molecule has 2 saturated heterocycles. The second-order valence-corrected chi connectivity index (χ2v) is 6.95. The number of amides is 1. The molecule has 1 aromatic heterocycles. The molecule has 2 aliphatic heterocycles. The zero-order valence-corrected chi connectivity index (χ0v) is 14.1. The van der Waals surface area contributed by atoms with Crippen molar-refractivity contribution < 1.29 is 9.53 Å². The minimum absolute atomic E-state index is 0.0523. The molecule has 5 heteroatoms. The molecule has 1 spiro atoms. The molecule has 2 aromatic rings. The van der Waals surface area contributed by atoms with Gasteiger partial charge >= 0.3 is 0 Å². The lowest BCUT2D eigenvalue weighted by molar-refractivity contribution is -0.115. The molecule has 1 amide bonds. The molecule has 0 aliphatic carbocycles. The van der Waals surface area contributed by atoms with E-state index in [4.69, 9.17) is 16.3 Å². The van der Waals surface area contributed by atoms with Crippen LogP contribution in [0.1, 0.15) is 34.9 Å². The molecular weight excluding hydrogens is 324 g/mol. The van der Waals surface area contributed by atoms with Crippen LogP contribution in [0.3, 0.4) is 0 Å². The Morgan fingerprint density at radius 3 is 2.58 bits per heavy atom. The number of benzene rings is 1. The van der Waals surface area contributed by atoms with E-state index >= 15 is 0 Å². The van der Waals surface area contributed by atoms with Crippen molar-refractivity contribution >= 4 is 17.5 Å². The van der Waals surface area contributed by atoms with Crippen LogP contribution in [0.5, 0.6) is 0 Å². The van der Waals surface area contributed by atoms with Crippen LogP contribution in [-0.4, -0.2) is 35.5 Å². The Labute approximate surface area is 146 Å². The maximum Gasteiger partial charge on any atom is 0.273 e. The molecule has 2 fully saturated rings. The van der Waals surface area contributed by atoms with E-state index in [1.807, 2.05) is 23.1 Å². The highest BCUT2D eigenvalue weighted by Crippen LogP contribution is 2.54. The summed E-state index contributed by atoms with van der Waals surface area (Å²) >= 11 is 5.95. The van der Waals surface area contributed by atoms with Crippen molar-refractivity contribution in [1.82, 2.24) is 9.88 Å². The highest BCUT2D eigenvalue weighted by molar-refractivity contribution is 6.29. The molecule has 0 N–H and O–H groups in total. The molecule has 0 unspecified atom stereocenters. The Bertz CT molecular complexity index is 744. The van der Waals surface area contributed by atoms with Crippen LogP contribution in [0, 0.1) is 5.41 Å². The Morgan fingerprint density at radius 1 is 1.12 bits per heavy atom. The lowest BCUT2D eigenvalue weighted by atomic mass is 9.64. The van der Waals surface area contributed by atoms with E-state index in [-0.39, 0.29) is 17.4 Å². The van der Waals surface area contributed by atoms with Gasteiger partial charge in [-0.2, -0.15) is 0 Å². The van der Waals surface area contributed by atoms with Crippen molar-refractivity contribution in [1.29, 1.82) is 0 Å². The zero-order valence-electron chi connectivity index (χ0n) is 13.3. The maximum absolute atomic E-state index is 13.0. The van der Waals surface area contributed by atoms with E-state index in [1.54, 1.807) is 18.2 Å². The normalized spacial score (nSPS) is 22.2. The van der Waals surface area contributed by atoms with E-state index < -0.39 is 0 Å². The van der Waals surface area contributed by atoms with Gasteiger partial charge in [0.05, 0.1) is 6.04 Å². The van der Waals surface area contributed by atoms with Gasteiger partial charge in [0.1, 0.15) is 10.8 Å². The van der Waals surface area contributed by atoms with Crippen LogP contribution >= 0.6 is 11.6 Å². The van der Waals surface area contributed by atoms with Gasteiger partial charge in [0.2, 0.25) is 0 Å². The first-order valence-corrected chi connectivity index (χ1v) is 8.64. The van der Waals surface area contributed by atoms with Crippen LogP contribution in [0.4, 0.5) is 0 Å². The SMILES string of the molecule is O=C(c1cccc(Cl)n1)N1CC2(CCOCC2)[C@H]1c1ccccc1. The summed E-state index contributed by atoms with van der Waals surface area (Å²) < 4.78 is 5.55. The molecule has 0 radical (unpaired) electrons. The van der Waals surface area contributed by atoms with Crippen LogP contribution < -0.4 is 0 Å². The summed E-state index contributed by atoms with van der Waals surface area (Å²) in [7, 11) is 0. The minimum atomic E-state index is -0.0523. The fraction of sp³-hybridized carbons (Fsp3) is 0.368. The number of ether oxygens (including phenoxy) is 1. The van der Waals surface area contributed by atoms with Crippen LogP contribution in [0.2, 0.25) is 5.15 Å². The Hall–Kier alpha value is -1.91. The molecule has 0 saturated carbocycles. The number of pyridine rings is 1. The van der Waals surface area contributed by atoms with Gasteiger partial charge in [-0.05, 0) is 30.5 Å². The second-order valence-electron chi connectivity index (χ2n) is 6.57. The number of hydrogen-bond donors (Lipinski definition) is 0. The minimum Gasteiger partial charge on any atom is -0.381 e. The first-order valence-electron chi connectivity index (χ1n) is 8.26. The molecule has 1 atom stereocenters. The number of hydrogen-bond acceptors (Lipinski definition) is 3. The molecule has 4 rings (SSSR count). The Kier molecular flexibility index (Phi) is 4.02. The van der Waals surface area contributed by atoms with Crippen molar-refractivity contribution in [2.24, 2.45) is 5.41 Å². The smallest absolute Gasteiger partial charge is 0.273 e. The highest BCUT2D eigenvalue weighted by Gasteiger charge is 2.55. The van der Waals surface area contributed by atoms with E-state index in [0.29, 0.717) is 10.8 Å². The lowest BCUT2D eigenvalue weighted by Gasteiger charge is -2.59. The monoisotopic (exact) mass is 342 g/mol. The van der Waals surface area contributed by atoms with Crippen molar-refractivity contribution in [3.63, 3.8) is 0 Å². The van der Waals surface area contributed by atoms with Gasteiger partial charge in [-0.15, -0.1) is 0 Å². The largest absolute Gasteiger partial charge is 0.381 e. The third-order valence-corrected chi connectivity index (χ3v) is 5.39. The molecule has 124 valence electrons. The van der Waals surface area contributed by atoms with Gasteiger partial charge in [-0.3, -0.25) is 4.79 Å². The van der Waals surface area contributed by atoms with Crippen LogP contribution in [-0.2, 0) is 4.74 Å². The van der Waals surface area contributed by atoms with E-state index in [0.717, 1.165) is 32.6 Å². The quantitative estimate of drug-likeness (QED) is 0.781. The summed E-state index contributed by atoms with van der Waals surface area (Å²) in [6.45, 7) is 2.28. The predicted octanol–water partition coefficient (Wildman–Crippen LogP) is 3.73. The van der Waals surface area contributed by atoms with Gasteiger partial charge in [0.15, 0.2) is 0 Å². The average molecular weight is 343 g/mol. The highest BCUT2D eigenvalue weighted by atomic mass is 35.5. The van der Waals surface area contributed by atoms with E-state index in [1.165, 1.54) is 5.56 Å². The van der Waals surface area contributed by atoms with Crippen LogP contribution in [0.25, 0.3) is 0 Å². The maximum atomic E-state index is 13.0. The van der Waals surface area contributed by atoms with Gasteiger partial charge in [0, 0.05) is 25.2 Å². The number of carbonyl (C=O) groups is 1.